The predicted octanol–water partition coefficient (Wildman–Crippen LogP) is 1.39. The van der Waals surface area contributed by atoms with Crippen LogP contribution in [0.1, 0.15) is 20.3 Å². The smallest absolute Gasteiger partial charge is 0.330 e. The Kier molecular flexibility index (Phi) is 4.73. The lowest BCUT2D eigenvalue weighted by Crippen LogP contribution is -2.50. The van der Waals surface area contributed by atoms with Crippen LogP contribution in [0.5, 0.6) is 0 Å². The van der Waals surface area contributed by atoms with Crippen LogP contribution in [-0.2, 0) is 4.74 Å². The molecule has 20 heavy (non-hydrogen) atoms. The molecule has 1 fully saturated rings. The number of halogens is 1. The van der Waals surface area contributed by atoms with Gasteiger partial charge in [0.05, 0.1) is 22.0 Å². The summed E-state index contributed by atoms with van der Waals surface area (Å²) < 4.78 is 6.39. The average molecular weight is 394 g/mol. The molecule has 2 heterocycles. The van der Waals surface area contributed by atoms with Gasteiger partial charge < -0.3 is 14.9 Å². The lowest BCUT2D eigenvalue weighted by Gasteiger charge is -2.39. The summed E-state index contributed by atoms with van der Waals surface area (Å²) >= 11 is 2.12. The van der Waals surface area contributed by atoms with Crippen LogP contribution < -0.4 is 0 Å². The van der Waals surface area contributed by atoms with E-state index in [0.717, 1.165) is 3.58 Å². The molecule has 2 amide bonds. The summed E-state index contributed by atoms with van der Waals surface area (Å²) in [4.78, 5) is 15.6. The first-order valence-corrected chi connectivity index (χ1v) is 7.57. The molecule has 2 N–H and O–H groups in total. The molecule has 6 nitrogen and oxygen atoms in total. The second-order valence-corrected chi connectivity index (χ2v) is 6.35. The molecule has 0 aromatic heterocycles. The third-order valence-corrected chi connectivity index (χ3v) is 4.36. The van der Waals surface area contributed by atoms with Gasteiger partial charge in [0.15, 0.2) is 0 Å². The maximum Gasteiger partial charge on any atom is 0.330 e. The number of allylic oxidation sites excluding steroid dienone is 1. The van der Waals surface area contributed by atoms with Crippen LogP contribution in [0.3, 0.4) is 0 Å². The van der Waals surface area contributed by atoms with Gasteiger partial charge in [-0.2, -0.15) is 0 Å². The van der Waals surface area contributed by atoms with Crippen molar-refractivity contribution >= 4 is 28.6 Å². The quantitative estimate of drug-likeness (QED) is 0.710. The number of carbonyl (C=O) groups is 1. The molecule has 112 valence electrons. The van der Waals surface area contributed by atoms with Gasteiger partial charge in [0.25, 0.3) is 0 Å². The van der Waals surface area contributed by atoms with E-state index in [4.69, 9.17) is 9.84 Å². The van der Waals surface area contributed by atoms with Gasteiger partial charge in [-0.15, -0.1) is 0 Å². The van der Waals surface area contributed by atoms with Crippen LogP contribution in [0.25, 0.3) is 0 Å². The minimum atomic E-state index is -0.763. The van der Waals surface area contributed by atoms with Crippen LogP contribution >= 0.6 is 22.6 Å². The van der Waals surface area contributed by atoms with E-state index in [9.17, 15) is 9.90 Å². The molecule has 0 aromatic carbocycles. The highest BCUT2D eigenvalue weighted by Crippen LogP contribution is 2.33. The Balaban J connectivity index is 2.24. The molecule has 3 atom stereocenters. The number of aliphatic hydroxyl groups excluding tert-OH is 2. The lowest BCUT2D eigenvalue weighted by atomic mass is 10.2. The predicted molar refractivity (Wildman–Crippen MR) is 81.8 cm³/mol. The Hall–Kier alpha value is -0.640. The average Bonchev–Trinajstić information content (AvgIpc) is 2.74. The fourth-order valence-corrected chi connectivity index (χ4v) is 2.96. The normalized spacial score (nSPS) is 31.3. The van der Waals surface area contributed by atoms with Gasteiger partial charge in [0, 0.05) is 18.7 Å². The van der Waals surface area contributed by atoms with Crippen molar-refractivity contribution in [2.24, 2.45) is 0 Å². The summed E-state index contributed by atoms with van der Waals surface area (Å²) in [6, 6.07) is -0.239. The van der Waals surface area contributed by atoms with Gasteiger partial charge in [-0.25, -0.2) is 4.79 Å². The molecule has 0 saturated carbocycles. The molecule has 0 aliphatic carbocycles. The molecule has 2 unspecified atom stereocenters. The highest BCUT2D eigenvalue weighted by molar-refractivity contribution is 14.1. The molecule has 0 spiro atoms. The van der Waals surface area contributed by atoms with Gasteiger partial charge in [0.2, 0.25) is 0 Å². The van der Waals surface area contributed by atoms with E-state index in [1.165, 1.54) is 4.90 Å². The Bertz CT molecular complexity index is 452. The molecule has 0 aromatic rings. The number of hydrogen-bond acceptors (Lipinski definition) is 4. The van der Waals surface area contributed by atoms with Crippen molar-refractivity contribution in [3.8, 4) is 0 Å². The molecular formula is C13H19IN2O4. The number of aliphatic hydroxyl groups is 2. The van der Waals surface area contributed by atoms with Gasteiger partial charge in [-0.05, 0) is 36.4 Å². The summed E-state index contributed by atoms with van der Waals surface area (Å²) in [6.07, 6.45) is 0.00331. The Morgan fingerprint density at radius 3 is 2.75 bits per heavy atom. The van der Waals surface area contributed by atoms with E-state index in [0.29, 0.717) is 5.70 Å². The molecule has 2 aliphatic heterocycles. The first-order chi connectivity index (χ1) is 9.36. The largest absolute Gasteiger partial charge is 0.394 e. The number of carbonyl (C=O) groups excluding carboxylic acids is 1. The van der Waals surface area contributed by atoms with Gasteiger partial charge in [0.1, 0.15) is 12.3 Å². The molecule has 2 aliphatic rings. The minimum Gasteiger partial charge on any atom is -0.394 e. The molecule has 0 bridgehead atoms. The summed E-state index contributed by atoms with van der Waals surface area (Å²) in [7, 11) is 0. The van der Waals surface area contributed by atoms with E-state index >= 15 is 0 Å². The Morgan fingerprint density at radius 2 is 2.25 bits per heavy atom. The van der Waals surface area contributed by atoms with Crippen molar-refractivity contribution in [2.75, 3.05) is 6.61 Å². The maximum absolute atomic E-state index is 12.5. The van der Waals surface area contributed by atoms with Crippen LogP contribution in [0, 0.1) is 0 Å². The minimum absolute atomic E-state index is 0.0177. The van der Waals surface area contributed by atoms with Crippen molar-refractivity contribution < 1.29 is 19.7 Å². The summed E-state index contributed by atoms with van der Waals surface area (Å²) in [5.41, 5.74) is 0.666. The fourth-order valence-electron chi connectivity index (χ4n) is 2.40. The monoisotopic (exact) mass is 394 g/mol. The lowest BCUT2D eigenvalue weighted by molar-refractivity contribution is -0.0569. The molecule has 1 saturated heterocycles. The molecule has 7 heteroatoms. The van der Waals surface area contributed by atoms with Crippen molar-refractivity contribution in [2.45, 2.75) is 44.7 Å². The molecular weight excluding hydrogens is 375 g/mol. The third-order valence-electron chi connectivity index (χ3n) is 3.46. The second-order valence-electron chi connectivity index (χ2n) is 5.19. The van der Waals surface area contributed by atoms with E-state index in [1.54, 1.807) is 11.1 Å². The fraction of sp³-hybridized carbons (Fsp3) is 0.615. The van der Waals surface area contributed by atoms with Crippen LogP contribution in [0.15, 0.2) is 22.1 Å². The number of ether oxygens (including phenoxy) is 1. The van der Waals surface area contributed by atoms with Crippen LogP contribution in [0.2, 0.25) is 0 Å². The summed E-state index contributed by atoms with van der Waals surface area (Å²) in [5, 5.41) is 18.9. The highest BCUT2D eigenvalue weighted by atomic mass is 127. The van der Waals surface area contributed by atoms with Gasteiger partial charge in [-0.1, -0.05) is 6.58 Å². The van der Waals surface area contributed by atoms with Crippen molar-refractivity contribution in [1.82, 2.24) is 9.80 Å². The zero-order valence-corrected chi connectivity index (χ0v) is 13.6. The van der Waals surface area contributed by atoms with Crippen molar-refractivity contribution in [1.29, 1.82) is 0 Å². The number of urea groups is 1. The highest BCUT2D eigenvalue weighted by Gasteiger charge is 2.41. The standard InChI is InChI=1S/C13H19IN2O4/c1-7(2)16-8(3)9(14)5-15(13(16)19)12-4-10(18)11(6-17)20-12/h5,7,10-12,17-18H,3-4,6H2,1-2H3/t10-,11?,12?/m1/s1. The zero-order chi connectivity index (χ0) is 15.0. The van der Waals surface area contributed by atoms with E-state index in [-0.39, 0.29) is 25.1 Å². The van der Waals surface area contributed by atoms with E-state index in [1.807, 2.05) is 13.8 Å². The zero-order valence-electron chi connectivity index (χ0n) is 11.5. The van der Waals surface area contributed by atoms with Crippen molar-refractivity contribution in [3.05, 3.63) is 22.1 Å². The van der Waals surface area contributed by atoms with Gasteiger partial charge in [-0.3, -0.25) is 9.80 Å². The SMILES string of the molecule is C=C1C(I)=CN(C2C[C@@H](O)C(CO)O2)C(=O)N1C(C)C. The van der Waals surface area contributed by atoms with E-state index < -0.39 is 18.4 Å². The number of hydrogen-bond donors (Lipinski definition) is 2. The topological polar surface area (TPSA) is 73.2 Å². The molecule has 2 rings (SSSR count). The Labute approximate surface area is 131 Å². The maximum atomic E-state index is 12.5. The summed E-state index contributed by atoms with van der Waals surface area (Å²) in [6.45, 7) is 7.49. The van der Waals surface area contributed by atoms with Crippen LogP contribution in [0.4, 0.5) is 4.79 Å². The number of amides is 2. The second kappa shape index (κ2) is 6.00. The third kappa shape index (κ3) is 2.72. The number of rotatable bonds is 3. The van der Waals surface area contributed by atoms with E-state index in [2.05, 4.69) is 29.2 Å². The first kappa shape index (κ1) is 15.7. The Morgan fingerprint density at radius 1 is 1.60 bits per heavy atom. The summed E-state index contributed by atoms with van der Waals surface area (Å²) in [5.74, 6) is 0. The molecule has 0 radical (unpaired) electrons. The number of nitrogens with zero attached hydrogens (tertiary/aromatic N) is 2. The van der Waals surface area contributed by atoms with Crippen LogP contribution in [-0.4, -0.2) is 57.1 Å². The van der Waals surface area contributed by atoms with Gasteiger partial charge >= 0.3 is 6.03 Å². The van der Waals surface area contributed by atoms with Crippen molar-refractivity contribution in [3.63, 3.8) is 0 Å². The first-order valence-electron chi connectivity index (χ1n) is 6.49.